The van der Waals surface area contributed by atoms with Crippen LogP contribution in [0.5, 0.6) is 0 Å². The Bertz CT molecular complexity index is 164. The maximum atomic E-state index is 2.81. The van der Waals surface area contributed by atoms with Crippen LogP contribution in [-0.4, -0.2) is 23.5 Å². The van der Waals surface area contributed by atoms with Crippen molar-refractivity contribution in [2.75, 3.05) is 6.54 Å². The van der Waals surface area contributed by atoms with E-state index in [1.807, 2.05) is 0 Å². The summed E-state index contributed by atoms with van der Waals surface area (Å²) in [5.74, 6) is 1.12. The van der Waals surface area contributed by atoms with Crippen molar-refractivity contribution in [1.82, 2.24) is 4.90 Å². The van der Waals surface area contributed by atoms with Crippen molar-refractivity contribution in [1.29, 1.82) is 0 Å². The lowest BCUT2D eigenvalue weighted by Crippen LogP contribution is -2.41. The summed E-state index contributed by atoms with van der Waals surface area (Å²) < 4.78 is 0. The second kappa shape index (κ2) is 2.22. The van der Waals surface area contributed by atoms with Gasteiger partial charge in [0.15, 0.2) is 0 Å². The molecule has 0 amide bonds. The highest BCUT2D eigenvalue weighted by atomic mass is 15.2. The summed E-state index contributed by atoms with van der Waals surface area (Å²) in [5.41, 5.74) is 0. The van der Waals surface area contributed by atoms with E-state index < -0.39 is 0 Å². The van der Waals surface area contributed by atoms with Gasteiger partial charge in [-0.15, -0.1) is 0 Å². The standard InChI is InChI=1S/C10H17N/c1-2-9-6-8-3-4-10(7-8)11(9)5-1/h8-10H,1-7H2. The van der Waals surface area contributed by atoms with Gasteiger partial charge in [-0.2, -0.15) is 0 Å². The van der Waals surface area contributed by atoms with Gasteiger partial charge in [0.25, 0.3) is 0 Å². The highest BCUT2D eigenvalue weighted by molar-refractivity contribution is 4.96. The smallest absolute Gasteiger partial charge is 0.0101 e. The largest absolute Gasteiger partial charge is 0.297 e. The monoisotopic (exact) mass is 151 g/mol. The Kier molecular flexibility index (Phi) is 1.31. The molecule has 2 bridgehead atoms. The second-order valence-electron chi connectivity index (χ2n) is 4.60. The number of hydrogen-bond acceptors (Lipinski definition) is 1. The molecule has 11 heavy (non-hydrogen) atoms. The van der Waals surface area contributed by atoms with Crippen LogP contribution in [-0.2, 0) is 0 Å². The van der Waals surface area contributed by atoms with E-state index in [2.05, 4.69) is 4.90 Å². The Morgan fingerprint density at radius 3 is 2.64 bits per heavy atom. The van der Waals surface area contributed by atoms with Crippen molar-refractivity contribution >= 4 is 0 Å². The fraction of sp³-hybridized carbons (Fsp3) is 1.00. The van der Waals surface area contributed by atoms with Gasteiger partial charge in [0.05, 0.1) is 0 Å². The normalized spacial score (nSPS) is 49.6. The van der Waals surface area contributed by atoms with Crippen LogP contribution in [0.15, 0.2) is 0 Å². The molecule has 1 saturated carbocycles. The lowest BCUT2D eigenvalue weighted by Gasteiger charge is -2.35. The SMILES string of the molecule is C1CC2CC3CCC(C3)N2C1. The fourth-order valence-electron chi connectivity index (χ4n) is 3.54. The molecule has 1 nitrogen and oxygen atoms in total. The number of piperidine rings is 1. The van der Waals surface area contributed by atoms with Crippen LogP contribution in [0.1, 0.15) is 38.5 Å². The molecule has 0 aromatic heterocycles. The average Bonchev–Trinajstić information content (AvgIpc) is 2.58. The molecule has 0 aromatic rings. The van der Waals surface area contributed by atoms with E-state index in [4.69, 9.17) is 0 Å². The van der Waals surface area contributed by atoms with Crippen LogP contribution in [0.4, 0.5) is 0 Å². The van der Waals surface area contributed by atoms with E-state index in [-0.39, 0.29) is 0 Å². The van der Waals surface area contributed by atoms with Crippen molar-refractivity contribution in [3.63, 3.8) is 0 Å². The maximum Gasteiger partial charge on any atom is 0.0101 e. The van der Waals surface area contributed by atoms with Crippen LogP contribution in [0.25, 0.3) is 0 Å². The van der Waals surface area contributed by atoms with Crippen LogP contribution >= 0.6 is 0 Å². The molecule has 3 rings (SSSR count). The Morgan fingerprint density at radius 2 is 1.73 bits per heavy atom. The number of hydrogen-bond donors (Lipinski definition) is 0. The van der Waals surface area contributed by atoms with Crippen molar-refractivity contribution in [2.24, 2.45) is 5.92 Å². The first kappa shape index (κ1) is 6.47. The molecule has 0 radical (unpaired) electrons. The van der Waals surface area contributed by atoms with Crippen molar-refractivity contribution in [3.8, 4) is 0 Å². The number of nitrogens with zero attached hydrogens (tertiary/aromatic N) is 1. The van der Waals surface area contributed by atoms with Crippen LogP contribution in [0.3, 0.4) is 0 Å². The zero-order valence-corrected chi connectivity index (χ0v) is 7.13. The summed E-state index contributed by atoms with van der Waals surface area (Å²) in [6.07, 6.45) is 9.12. The molecule has 3 atom stereocenters. The molecule has 3 fully saturated rings. The molecule has 2 aliphatic heterocycles. The van der Waals surface area contributed by atoms with E-state index >= 15 is 0 Å². The molecule has 1 aliphatic carbocycles. The quantitative estimate of drug-likeness (QED) is 0.512. The lowest BCUT2D eigenvalue weighted by molar-refractivity contribution is 0.129. The number of rotatable bonds is 0. The van der Waals surface area contributed by atoms with E-state index in [0.29, 0.717) is 0 Å². The lowest BCUT2D eigenvalue weighted by atomic mass is 9.93. The van der Waals surface area contributed by atoms with Gasteiger partial charge in [-0.25, -0.2) is 0 Å². The van der Waals surface area contributed by atoms with Gasteiger partial charge >= 0.3 is 0 Å². The minimum absolute atomic E-state index is 1.02. The molecule has 2 saturated heterocycles. The van der Waals surface area contributed by atoms with Crippen molar-refractivity contribution in [2.45, 2.75) is 50.6 Å². The molecule has 0 N–H and O–H groups in total. The van der Waals surface area contributed by atoms with Gasteiger partial charge in [0, 0.05) is 12.1 Å². The summed E-state index contributed by atoms with van der Waals surface area (Å²) in [5, 5.41) is 0. The third-order valence-electron chi connectivity index (χ3n) is 4.01. The minimum atomic E-state index is 1.02. The molecule has 62 valence electrons. The summed E-state index contributed by atoms with van der Waals surface area (Å²) in [7, 11) is 0. The molecular formula is C10H17N. The molecule has 3 unspecified atom stereocenters. The first-order valence-electron chi connectivity index (χ1n) is 5.19. The van der Waals surface area contributed by atoms with Crippen LogP contribution in [0.2, 0.25) is 0 Å². The minimum Gasteiger partial charge on any atom is -0.297 e. The Morgan fingerprint density at radius 1 is 0.909 bits per heavy atom. The predicted octanol–water partition coefficient (Wildman–Crippen LogP) is 2.02. The Labute approximate surface area is 68.8 Å². The van der Waals surface area contributed by atoms with Gasteiger partial charge in [0.2, 0.25) is 0 Å². The Balaban J connectivity index is 1.85. The van der Waals surface area contributed by atoms with E-state index in [1.54, 1.807) is 0 Å². The molecule has 3 aliphatic rings. The van der Waals surface area contributed by atoms with Crippen LogP contribution in [0, 0.1) is 5.92 Å². The van der Waals surface area contributed by atoms with Gasteiger partial charge in [0.1, 0.15) is 0 Å². The van der Waals surface area contributed by atoms with E-state index in [0.717, 1.165) is 18.0 Å². The summed E-state index contributed by atoms with van der Waals surface area (Å²) in [6.45, 7) is 1.42. The highest BCUT2D eigenvalue weighted by Crippen LogP contribution is 2.43. The third-order valence-corrected chi connectivity index (χ3v) is 4.01. The molecule has 1 heteroatoms. The van der Waals surface area contributed by atoms with Gasteiger partial charge in [-0.3, -0.25) is 4.90 Å². The third kappa shape index (κ3) is 0.868. The predicted molar refractivity (Wildman–Crippen MR) is 45.5 cm³/mol. The summed E-state index contributed by atoms with van der Waals surface area (Å²) >= 11 is 0. The maximum absolute atomic E-state index is 2.81. The van der Waals surface area contributed by atoms with E-state index in [1.165, 1.54) is 45.1 Å². The van der Waals surface area contributed by atoms with Gasteiger partial charge in [-0.1, -0.05) is 0 Å². The topological polar surface area (TPSA) is 3.24 Å². The van der Waals surface area contributed by atoms with Gasteiger partial charge < -0.3 is 0 Å². The van der Waals surface area contributed by atoms with Crippen molar-refractivity contribution in [3.05, 3.63) is 0 Å². The first-order valence-corrected chi connectivity index (χ1v) is 5.19. The number of fused-ring (bicyclic) bond motifs is 4. The highest BCUT2D eigenvalue weighted by Gasteiger charge is 2.41. The molecule has 0 aromatic carbocycles. The molecule has 2 heterocycles. The second-order valence-corrected chi connectivity index (χ2v) is 4.60. The van der Waals surface area contributed by atoms with Crippen LogP contribution < -0.4 is 0 Å². The zero-order valence-electron chi connectivity index (χ0n) is 7.13. The summed E-state index contributed by atoms with van der Waals surface area (Å²) in [6, 6.07) is 2.03. The van der Waals surface area contributed by atoms with Crippen molar-refractivity contribution < 1.29 is 0 Å². The first-order chi connectivity index (χ1) is 5.43. The van der Waals surface area contributed by atoms with E-state index in [9.17, 15) is 0 Å². The van der Waals surface area contributed by atoms with Gasteiger partial charge in [-0.05, 0) is 51.0 Å². The Hall–Kier alpha value is -0.0400. The zero-order chi connectivity index (χ0) is 7.26. The average molecular weight is 151 g/mol. The fourth-order valence-corrected chi connectivity index (χ4v) is 3.54. The molecular weight excluding hydrogens is 134 g/mol. The molecule has 0 spiro atoms. The summed E-state index contributed by atoms with van der Waals surface area (Å²) in [4.78, 5) is 2.81.